The van der Waals surface area contributed by atoms with Crippen molar-refractivity contribution in [3.05, 3.63) is 82.0 Å². The summed E-state index contributed by atoms with van der Waals surface area (Å²) in [4.78, 5) is 32.8. The van der Waals surface area contributed by atoms with E-state index in [1.807, 2.05) is 17.8 Å². The first-order chi connectivity index (χ1) is 17.2. The van der Waals surface area contributed by atoms with E-state index in [1.165, 1.54) is 31.4 Å². The van der Waals surface area contributed by atoms with Gasteiger partial charge in [0.2, 0.25) is 6.41 Å². The fourth-order valence-electron chi connectivity index (χ4n) is 2.82. The predicted molar refractivity (Wildman–Crippen MR) is 130 cm³/mol. The molecule has 0 atom stereocenters. The Morgan fingerprint density at radius 1 is 1.17 bits per heavy atom. The normalized spacial score (nSPS) is 11.1. The lowest BCUT2D eigenvalue weighted by atomic mass is 9.98. The molecule has 0 heterocycles. The van der Waals surface area contributed by atoms with Crippen LogP contribution in [0.1, 0.15) is 29.8 Å². The van der Waals surface area contributed by atoms with Gasteiger partial charge in [-0.05, 0) is 42.8 Å². The van der Waals surface area contributed by atoms with E-state index in [4.69, 9.17) is 16.8 Å². The lowest BCUT2D eigenvalue weighted by Gasteiger charge is -2.11. The van der Waals surface area contributed by atoms with Crippen LogP contribution in [0.3, 0.4) is 0 Å². The van der Waals surface area contributed by atoms with Crippen molar-refractivity contribution in [3.8, 4) is 11.1 Å². The Labute approximate surface area is 212 Å². The van der Waals surface area contributed by atoms with Crippen LogP contribution in [-0.4, -0.2) is 37.1 Å². The number of hydroxylamine groups is 1. The summed E-state index contributed by atoms with van der Waals surface area (Å²) >= 11 is 5.53. The molecule has 2 rings (SSSR count). The molecule has 9 nitrogen and oxygen atoms in total. The average Bonchev–Trinajstić information content (AvgIpc) is 2.85. The van der Waals surface area contributed by atoms with E-state index in [0.29, 0.717) is 34.7 Å². The second kappa shape index (κ2) is 16.0. The van der Waals surface area contributed by atoms with E-state index in [2.05, 4.69) is 10.1 Å². The van der Waals surface area contributed by atoms with Crippen LogP contribution in [0, 0.1) is 11.6 Å². The Morgan fingerprint density at radius 3 is 2.44 bits per heavy atom. The number of hydrogen-bond donors (Lipinski definition) is 5. The molecule has 0 unspecified atom stereocenters. The first-order valence-corrected chi connectivity index (χ1v) is 10.9. The Bertz CT molecular complexity index is 1120. The van der Waals surface area contributed by atoms with Crippen LogP contribution in [0.15, 0.2) is 59.3 Å². The number of carbonyl (C=O) groups excluding carboxylic acids is 3. The van der Waals surface area contributed by atoms with Crippen molar-refractivity contribution in [1.29, 1.82) is 0 Å². The number of ether oxygens (including phenoxy) is 1. The maximum Gasteiger partial charge on any atom is 0.341 e. The fraction of sp³-hybridized carbons (Fsp3) is 0.208. The molecule has 0 fully saturated rings. The third-order valence-electron chi connectivity index (χ3n) is 4.41. The van der Waals surface area contributed by atoms with Crippen LogP contribution in [0.5, 0.6) is 0 Å². The lowest BCUT2D eigenvalue weighted by molar-refractivity contribution is -0.121. The highest BCUT2D eigenvalue weighted by Gasteiger charge is 2.19. The minimum Gasteiger partial charge on any atom is -0.465 e. The quantitative estimate of drug-likeness (QED) is 0.106. The third-order valence-corrected chi connectivity index (χ3v) is 4.52. The van der Waals surface area contributed by atoms with E-state index in [-0.39, 0.29) is 11.1 Å². The van der Waals surface area contributed by atoms with Crippen molar-refractivity contribution < 1.29 is 33.1 Å². The molecule has 0 saturated heterocycles. The summed E-state index contributed by atoms with van der Waals surface area (Å²) in [5.41, 5.74) is 6.81. The van der Waals surface area contributed by atoms with Gasteiger partial charge in [-0.15, -0.1) is 0 Å². The van der Waals surface area contributed by atoms with E-state index < -0.39 is 23.5 Å². The highest BCUT2D eigenvalue weighted by molar-refractivity contribution is 6.29. The molecule has 0 bridgehead atoms. The molecule has 2 amide bonds. The summed E-state index contributed by atoms with van der Waals surface area (Å²) < 4.78 is 32.6. The van der Waals surface area contributed by atoms with E-state index in [9.17, 15) is 23.2 Å². The van der Waals surface area contributed by atoms with Gasteiger partial charge in [0.05, 0.1) is 12.7 Å². The highest BCUT2D eigenvalue weighted by Crippen LogP contribution is 2.28. The van der Waals surface area contributed by atoms with Crippen LogP contribution in [0.25, 0.3) is 11.1 Å². The second-order valence-electron chi connectivity index (χ2n) is 6.92. The van der Waals surface area contributed by atoms with Crippen LogP contribution in [0.2, 0.25) is 0 Å². The molecule has 12 heteroatoms. The number of hydrazine groups is 1. The van der Waals surface area contributed by atoms with Crippen molar-refractivity contribution in [2.75, 3.05) is 13.7 Å². The SMILES string of the molecule is C/C(Cl)=C\C(=C/NO)C(=O)NNC=O.CCNCc1ccc(-c2cccc(F)c2C(=O)OC)cc1F. The molecule has 5 N–H and O–H groups in total. The zero-order valence-electron chi connectivity index (χ0n) is 19.8. The van der Waals surface area contributed by atoms with Gasteiger partial charge in [0.25, 0.3) is 5.91 Å². The maximum absolute atomic E-state index is 14.1. The topological polar surface area (TPSA) is 129 Å². The minimum atomic E-state index is -0.787. The third kappa shape index (κ3) is 9.45. The van der Waals surface area contributed by atoms with Crippen molar-refractivity contribution in [1.82, 2.24) is 21.6 Å². The predicted octanol–water partition coefficient (Wildman–Crippen LogP) is 3.30. The van der Waals surface area contributed by atoms with Gasteiger partial charge >= 0.3 is 5.97 Å². The number of allylic oxidation sites excluding steroid dienone is 1. The summed E-state index contributed by atoms with van der Waals surface area (Å²) in [5, 5.41) is 11.7. The van der Waals surface area contributed by atoms with Crippen LogP contribution >= 0.6 is 11.6 Å². The van der Waals surface area contributed by atoms with Crippen molar-refractivity contribution in [3.63, 3.8) is 0 Å². The molecule has 36 heavy (non-hydrogen) atoms. The number of rotatable bonds is 10. The molecular formula is C24H27ClF2N4O5. The van der Waals surface area contributed by atoms with Crippen molar-refractivity contribution in [2.45, 2.75) is 20.4 Å². The van der Waals surface area contributed by atoms with Gasteiger partial charge in [0.1, 0.15) is 17.2 Å². The smallest absolute Gasteiger partial charge is 0.341 e. The number of nitrogens with one attached hydrogen (secondary N) is 4. The molecular weight excluding hydrogens is 498 g/mol. The van der Waals surface area contributed by atoms with Crippen LogP contribution < -0.4 is 21.6 Å². The largest absolute Gasteiger partial charge is 0.465 e. The zero-order valence-corrected chi connectivity index (χ0v) is 20.6. The Kier molecular flexibility index (Phi) is 13.4. The molecule has 0 aliphatic heterocycles. The van der Waals surface area contributed by atoms with Gasteiger partial charge in [-0.3, -0.25) is 31.1 Å². The summed E-state index contributed by atoms with van der Waals surface area (Å²) in [7, 11) is 1.18. The average molecular weight is 525 g/mol. The molecule has 2 aromatic rings. The van der Waals surface area contributed by atoms with Gasteiger partial charge in [-0.2, -0.15) is 0 Å². The van der Waals surface area contributed by atoms with Gasteiger partial charge in [0.15, 0.2) is 0 Å². The Morgan fingerprint density at radius 2 is 1.89 bits per heavy atom. The number of hydrogen-bond acceptors (Lipinski definition) is 7. The number of amides is 2. The van der Waals surface area contributed by atoms with Gasteiger partial charge < -0.3 is 10.1 Å². The monoisotopic (exact) mass is 524 g/mol. The first kappa shape index (κ1) is 30.2. The van der Waals surface area contributed by atoms with E-state index >= 15 is 0 Å². The Hall–Kier alpha value is -3.80. The first-order valence-electron chi connectivity index (χ1n) is 10.5. The number of esters is 1. The van der Waals surface area contributed by atoms with Gasteiger partial charge in [-0.1, -0.05) is 42.8 Å². The molecule has 0 aliphatic rings. The number of carbonyl (C=O) groups is 3. The second-order valence-corrected chi connectivity index (χ2v) is 7.51. The Balaban J connectivity index is 0.000000402. The highest BCUT2D eigenvalue weighted by atomic mass is 35.5. The van der Waals surface area contributed by atoms with Crippen molar-refractivity contribution >= 4 is 29.9 Å². The maximum atomic E-state index is 14.1. The zero-order chi connectivity index (χ0) is 27.1. The minimum absolute atomic E-state index is 0.0642. The fourth-order valence-corrected chi connectivity index (χ4v) is 2.93. The molecule has 0 aromatic heterocycles. The molecule has 2 aromatic carbocycles. The summed E-state index contributed by atoms with van der Waals surface area (Å²) in [6.07, 6.45) is 2.64. The van der Waals surface area contributed by atoms with Crippen LogP contribution in [-0.2, 0) is 20.9 Å². The van der Waals surface area contributed by atoms with E-state index in [0.717, 1.165) is 12.7 Å². The van der Waals surface area contributed by atoms with Crippen LogP contribution in [0.4, 0.5) is 8.78 Å². The molecule has 0 saturated carbocycles. The van der Waals surface area contributed by atoms with Crippen molar-refractivity contribution in [2.24, 2.45) is 0 Å². The number of benzene rings is 2. The number of methoxy groups -OCH3 is 1. The molecule has 0 aliphatic carbocycles. The standard InChI is InChI=1S/C17H17F2NO2.C7H10ClN3O3/c1-3-20-10-12-8-7-11(9-15(12)19)13-5-4-6-14(18)16(13)17(21)22-2;1-5(8)2-6(3-10-14)7(13)11-9-4-12/h4-9,20H,3,10H2,1-2H3;2-4,10,14H,1H3,(H,9,12)(H,11,13)/b;5-2+,6-3+. The molecule has 0 radical (unpaired) electrons. The molecule has 194 valence electrons. The van der Waals surface area contributed by atoms with Gasteiger partial charge in [0, 0.05) is 23.3 Å². The van der Waals surface area contributed by atoms with Gasteiger partial charge in [-0.25, -0.2) is 13.6 Å². The van der Waals surface area contributed by atoms with E-state index in [1.54, 1.807) is 30.6 Å². The molecule has 0 spiro atoms. The summed E-state index contributed by atoms with van der Waals surface area (Å²) in [5.74, 6) is -2.50. The summed E-state index contributed by atoms with van der Waals surface area (Å²) in [6.45, 7) is 4.64. The lowest BCUT2D eigenvalue weighted by Crippen LogP contribution is -2.37. The summed E-state index contributed by atoms with van der Waals surface area (Å²) in [6, 6.07) is 8.80. The number of halogens is 3.